The van der Waals surface area contributed by atoms with E-state index in [0.717, 1.165) is 45.1 Å². The van der Waals surface area contributed by atoms with Crippen LogP contribution in [0, 0.1) is 5.92 Å². The fraction of sp³-hybridized carbons (Fsp3) is 0.722. The molecular formula is C18H29N5O3. The molecule has 0 unspecified atom stereocenters. The van der Waals surface area contributed by atoms with Gasteiger partial charge in [-0.1, -0.05) is 0 Å². The number of methoxy groups -OCH3 is 1. The van der Waals surface area contributed by atoms with Crippen LogP contribution in [0.25, 0.3) is 0 Å². The molecule has 1 aromatic heterocycles. The average molecular weight is 363 g/mol. The SMILES string of the molecule is COC[C@H]1CC[C@H](Nc2ncc(C(N)=O)c(N[C@H]3CC[C@@H](O)C3)n2)CC1. The molecule has 5 N–H and O–H groups in total. The predicted molar refractivity (Wildman–Crippen MR) is 99.1 cm³/mol. The van der Waals surface area contributed by atoms with Crippen molar-refractivity contribution in [2.45, 2.75) is 63.1 Å². The molecule has 1 aromatic rings. The number of aliphatic hydroxyl groups is 1. The van der Waals surface area contributed by atoms with Crippen molar-refractivity contribution in [2.75, 3.05) is 24.4 Å². The van der Waals surface area contributed by atoms with Crippen LogP contribution in [0.15, 0.2) is 6.20 Å². The van der Waals surface area contributed by atoms with E-state index in [9.17, 15) is 9.90 Å². The highest BCUT2D eigenvalue weighted by atomic mass is 16.5. The first-order valence-electron chi connectivity index (χ1n) is 9.42. The van der Waals surface area contributed by atoms with Crippen LogP contribution in [-0.2, 0) is 4.74 Å². The van der Waals surface area contributed by atoms with Gasteiger partial charge in [0.2, 0.25) is 5.95 Å². The second kappa shape index (κ2) is 8.64. The molecule has 144 valence electrons. The van der Waals surface area contributed by atoms with Crippen LogP contribution < -0.4 is 16.4 Å². The highest BCUT2D eigenvalue weighted by Gasteiger charge is 2.25. The Labute approximate surface area is 153 Å². The molecule has 3 rings (SSSR count). The number of anilines is 2. The van der Waals surface area contributed by atoms with E-state index in [1.165, 1.54) is 6.20 Å². The number of primary amides is 1. The lowest BCUT2D eigenvalue weighted by Crippen LogP contribution is -2.29. The first-order valence-corrected chi connectivity index (χ1v) is 9.42. The molecule has 26 heavy (non-hydrogen) atoms. The van der Waals surface area contributed by atoms with Crippen LogP contribution in [0.4, 0.5) is 11.8 Å². The molecule has 2 fully saturated rings. The smallest absolute Gasteiger partial charge is 0.254 e. The molecule has 0 radical (unpaired) electrons. The molecule has 2 aliphatic carbocycles. The maximum atomic E-state index is 11.7. The van der Waals surface area contributed by atoms with Gasteiger partial charge in [0.15, 0.2) is 0 Å². The monoisotopic (exact) mass is 363 g/mol. The van der Waals surface area contributed by atoms with Gasteiger partial charge < -0.3 is 26.2 Å². The zero-order valence-electron chi connectivity index (χ0n) is 15.3. The lowest BCUT2D eigenvalue weighted by atomic mass is 9.86. The number of carbonyl (C=O) groups excluding carboxylic acids is 1. The summed E-state index contributed by atoms with van der Waals surface area (Å²) in [5.41, 5.74) is 5.73. The van der Waals surface area contributed by atoms with E-state index in [2.05, 4.69) is 20.6 Å². The number of rotatable bonds is 7. The number of carbonyl (C=O) groups is 1. The second-order valence-electron chi connectivity index (χ2n) is 7.45. The summed E-state index contributed by atoms with van der Waals surface area (Å²) in [6.45, 7) is 0.817. The third kappa shape index (κ3) is 4.82. The van der Waals surface area contributed by atoms with Gasteiger partial charge in [0, 0.05) is 32.0 Å². The van der Waals surface area contributed by atoms with E-state index in [0.29, 0.717) is 30.1 Å². The Morgan fingerprint density at radius 1 is 1.23 bits per heavy atom. The van der Waals surface area contributed by atoms with E-state index in [4.69, 9.17) is 10.5 Å². The maximum absolute atomic E-state index is 11.7. The Morgan fingerprint density at radius 2 is 1.96 bits per heavy atom. The van der Waals surface area contributed by atoms with Crippen LogP contribution in [-0.4, -0.2) is 52.9 Å². The van der Waals surface area contributed by atoms with Crippen molar-refractivity contribution < 1.29 is 14.6 Å². The summed E-state index contributed by atoms with van der Waals surface area (Å²) in [6.07, 6.45) is 7.76. The number of aliphatic hydroxyl groups excluding tert-OH is 1. The molecule has 2 aliphatic rings. The largest absolute Gasteiger partial charge is 0.393 e. The van der Waals surface area contributed by atoms with Gasteiger partial charge in [-0.05, 0) is 50.9 Å². The normalized spacial score (nSPS) is 28.7. The van der Waals surface area contributed by atoms with Gasteiger partial charge in [0.05, 0.1) is 11.7 Å². The molecule has 8 heteroatoms. The highest BCUT2D eigenvalue weighted by molar-refractivity contribution is 5.97. The van der Waals surface area contributed by atoms with E-state index in [1.54, 1.807) is 7.11 Å². The fourth-order valence-electron chi connectivity index (χ4n) is 3.92. The van der Waals surface area contributed by atoms with Crippen LogP contribution in [0.5, 0.6) is 0 Å². The third-order valence-electron chi connectivity index (χ3n) is 5.38. The summed E-state index contributed by atoms with van der Waals surface area (Å²) in [6, 6.07) is 0.416. The van der Waals surface area contributed by atoms with Crippen molar-refractivity contribution in [3.8, 4) is 0 Å². The molecule has 1 amide bonds. The molecule has 1 heterocycles. The lowest BCUT2D eigenvalue weighted by Gasteiger charge is -2.28. The summed E-state index contributed by atoms with van der Waals surface area (Å²) < 4.78 is 5.24. The van der Waals surface area contributed by atoms with Crippen LogP contribution in [0.3, 0.4) is 0 Å². The lowest BCUT2D eigenvalue weighted by molar-refractivity contribution is 0.100. The van der Waals surface area contributed by atoms with Gasteiger partial charge in [-0.3, -0.25) is 4.79 Å². The summed E-state index contributed by atoms with van der Waals surface area (Å²) in [7, 11) is 1.75. The van der Waals surface area contributed by atoms with Crippen molar-refractivity contribution in [1.82, 2.24) is 9.97 Å². The average Bonchev–Trinajstić information content (AvgIpc) is 3.02. The number of aromatic nitrogens is 2. The molecule has 0 bridgehead atoms. The third-order valence-corrected chi connectivity index (χ3v) is 5.38. The molecule has 0 saturated heterocycles. The summed E-state index contributed by atoms with van der Waals surface area (Å²) in [5, 5.41) is 16.3. The predicted octanol–water partition coefficient (Wildman–Crippen LogP) is 1.52. The van der Waals surface area contributed by atoms with Crippen molar-refractivity contribution in [2.24, 2.45) is 11.7 Å². The molecule has 2 saturated carbocycles. The summed E-state index contributed by atoms with van der Waals surface area (Å²) in [4.78, 5) is 20.4. The fourth-order valence-corrected chi connectivity index (χ4v) is 3.92. The van der Waals surface area contributed by atoms with Crippen LogP contribution in [0.2, 0.25) is 0 Å². The Bertz CT molecular complexity index is 619. The van der Waals surface area contributed by atoms with E-state index in [-0.39, 0.29) is 17.7 Å². The van der Waals surface area contributed by atoms with Gasteiger partial charge in [-0.15, -0.1) is 0 Å². The first kappa shape index (κ1) is 18.8. The molecule has 8 nitrogen and oxygen atoms in total. The Balaban J connectivity index is 1.64. The van der Waals surface area contributed by atoms with Gasteiger partial charge >= 0.3 is 0 Å². The summed E-state index contributed by atoms with van der Waals surface area (Å²) in [5.74, 6) is 1.02. The zero-order chi connectivity index (χ0) is 18.5. The number of hydrogen-bond donors (Lipinski definition) is 4. The van der Waals surface area contributed by atoms with Gasteiger partial charge in [0.1, 0.15) is 5.82 Å². The minimum absolute atomic E-state index is 0.0929. The number of nitrogens with one attached hydrogen (secondary N) is 2. The molecule has 0 aromatic carbocycles. The first-order chi connectivity index (χ1) is 12.5. The number of ether oxygens (including phenoxy) is 1. The van der Waals surface area contributed by atoms with E-state index in [1.807, 2.05) is 0 Å². The number of hydrogen-bond acceptors (Lipinski definition) is 7. The Kier molecular flexibility index (Phi) is 6.26. The topological polar surface area (TPSA) is 122 Å². The van der Waals surface area contributed by atoms with Crippen molar-refractivity contribution >= 4 is 17.7 Å². The van der Waals surface area contributed by atoms with Crippen molar-refractivity contribution in [3.63, 3.8) is 0 Å². The van der Waals surface area contributed by atoms with Gasteiger partial charge in [-0.2, -0.15) is 4.98 Å². The van der Waals surface area contributed by atoms with Crippen molar-refractivity contribution in [3.05, 3.63) is 11.8 Å². The number of amides is 1. The molecule has 0 aliphatic heterocycles. The standard InChI is InChI=1S/C18H29N5O3/c1-26-10-11-2-4-12(5-3-11)22-18-20-9-15(16(19)25)17(23-18)21-13-6-7-14(24)8-13/h9,11-14,24H,2-8,10H2,1H3,(H2,19,25)(H2,20,21,22,23)/t11-,12-,13-,14+/m0/s1. The van der Waals surface area contributed by atoms with Crippen LogP contribution in [0.1, 0.15) is 55.3 Å². The number of nitrogens with two attached hydrogens (primary N) is 1. The second-order valence-corrected chi connectivity index (χ2v) is 7.45. The minimum atomic E-state index is -0.558. The van der Waals surface area contributed by atoms with E-state index >= 15 is 0 Å². The minimum Gasteiger partial charge on any atom is -0.393 e. The van der Waals surface area contributed by atoms with E-state index < -0.39 is 5.91 Å². The van der Waals surface area contributed by atoms with Crippen LogP contribution >= 0.6 is 0 Å². The zero-order valence-corrected chi connectivity index (χ0v) is 15.3. The molecular weight excluding hydrogens is 334 g/mol. The Morgan fingerprint density at radius 3 is 2.58 bits per heavy atom. The molecule has 2 atom stereocenters. The van der Waals surface area contributed by atoms with Crippen molar-refractivity contribution in [1.29, 1.82) is 0 Å². The molecule has 0 spiro atoms. The van der Waals surface area contributed by atoms with Gasteiger partial charge in [-0.25, -0.2) is 4.98 Å². The Hall–Kier alpha value is -1.93. The number of nitrogens with zero attached hydrogens (tertiary/aromatic N) is 2. The highest BCUT2D eigenvalue weighted by Crippen LogP contribution is 2.27. The maximum Gasteiger partial charge on any atom is 0.254 e. The van der Waals surface area contributed by atoms with Gasteiger partial charge in [0.25, 0.3) is 5.91 Å². The quantitative estimate of drug-likeness (QED) is 0.579. The summed E-state index contributed by atoms with van der Waals surface area (Å²) >= 11 is 0.